The molecule has 0 aliphatic carbocycles. The van der Waals surface area contributed by atoms with Crippen LogP contribution in [0.25, 0.3) is 0 Å². The summed E-state index contributed by atoms with van der Waals surface area (Å²) in [5.74, 6) is 0.632. The third-order valence-corrected chi connectivity index (χ3v) is 4.14. The van der Waals surface area contributed by atoms with E-state index in [0.717, 1.165) is 32.0 Å². The molecule has 3 heterocycles. The van der Waals surface area contributed by atoms with Gasteiger partial charge in [0.15, 0.2) is 0 Å². The van der Waals surface area contributed by atoms with E-state index in [-0.39, 0.29) is 11.1 Å². The van der Waals surface area contributed by atoms with Crippen molar-refractivity contribution in [2.45, 2.75) is 0 Å². The summed E-state index contributed by atoms with van der Waals surface area (Å²) in [4.78, 5) is 25.1. The number of rotatable bonds is 3. The summed E-state index contributed by atoms with van der Waals surface area (Å²) in [5, 5.41) is 2.97. The number of aromatic nitrogens is 2. The first-order valence-corrected chi connectivity index (χ1v) is 7.83. The predicted octanol–water partition coefficient (Wildman–Crippen LogP) is 2.13. The molecule has 1 aliphatic heterocycles. The second kappa shape index (κ2) is 6.93. The van der Waals surface area contributed by atoms with Gasteiger partial charge in [0.1, 0.15) is 11.0 Å². The highest BCUT2D eigenvalue weighted by Gasteiger charge is 2.15. The molecule has 2 aromatic rings. The Balaban J connectivity index is 1.66. The molecule has 7 heteroatoms. The Kier molecular flexibility index (Phi) is 4.73. The Morgan fingerprint density at radius 3 is 2.61 bits per heavy atom. The number of nitrogens with one attached hydrogen (secondary N) is 1. The molecule has 3 rings (SSSR count). The molecule has 1 amide bonds. The second-order valence-electron chi connectivity index (χ2n) is 5.49. The summed E-state index contributed by atoms with van der Waals surface area (Å²) in [6, 6.07) is 7.08. The lowest BCUT2D eigenvalue weighted by molar-refractivity contribution is 0.102. The van der Waals surface area contributed by atoms with E-state index in [1.165, 1.54) is 0 Å². The van der Waals surface area contributed by atoms with Crippen molar-refractivity contribution in [1.29, 1.82) is 0 Å². The van der Waals surface area contributed by atoms with Crippen LogP contribution in [-0.4, -0.2) is 54.0 Å². The van der Waals surface area contributed by atoms with E-state index in [0.29, 0.717) is 11.3 Å². The summed E-state index contributed by atoms with van der Waals surface area (Å²) in [5.41, 5.74) is 0.977. The van der Waals surface area contributed by atoms with Crippen LogP contribution in [-0.2, 0) is 0 Å². The molecule has 0 radical (unpaired) electrons. The Labute approximate surface area is 140 Å². The SMILES string of the molecule is CN1CCN(c2ccc(NC(=O)c3cccnc3Cl)cn2)CC1. The van der Waals surface area contributed by atoms with Gasteiger partial charge < -0.3 is 15.1 Å². The molecule has 1 fully saturated rings. The monoisotopic (exact) mass is 331 g/mol. The number of pyridine rings is 2. The van der Waals surface area contributed by atoms with Crippen molar-refractivity contribution < 1.29 is 4.79 Å². The molecular formula is C16H18ClN5O. The molecule has 0 spiro atoms. The molecule has 0 aromatic carbocycles. The van der Waals surface area contributed by atoms with Crippen LogP contribution in [0.3, 0.4) is 0 Å². The standard InChI is InChI=1S/C16H18ClN5O/c1-21-7-9-22(10-8-21)14-5-4-12(11-19-14)20-16(23)13-3-2-6-18-15(13)17/h2-6,11H,7-10H2,1H3,(H,20,23). The number of likely N-dealkylation sites (N-methyl/N-ethyl adjacent to an activating group) is 1. The second-order valence-corrected chi connectivity index (χ2v) is 5.85. The minimum absolute atomic E-state index is 0.187. The fourth-order valence-electron chi connectivity index (χ4n) is 2.44. The molecule has 0 saturated carbocycles. The maximum Gasteiger partial charge on any atom is 0.258 e. The van der Waals surface area contributed by atoms with Gasteiger partial charge in [-0.1, -0.05) is 11.6 Å². The van der Waals surface area contributed by atoms with Gasteiger partial charge in [0.2, 0.25) is 0 Å². The molecule has 0 unspecified atom stereocenters. The number of carbonyl (C=O) groups is 1. The summed E-state index contributed by atoms with van der Waals surface area (Å²) >= 11 is 5.93. The van der Waals surface area contributed by atoms with E-state index in [2.05, 4.69) is 32.1 Å². The minimum Gasteiger partial charge on any atom is -0.354 e. The van der Waals surface area contributed by atoms with Gasteiger partial charge in [-0.2, -0.15) is 0 Å². The van der Waals surface area contributed by atoms with Crippen LogP contribution in [0.1, 0.15) is 10.4 Å². The molecule has 0 atom stereocenters. The molecule has 2 aromatic heterocycles. The normalized spacial score (nSPS) is 15.5. The number of piperazine rings is 1. The molecule has 120 valence electrons. The van der Waals surface area contributed by atoms with Crippen LogP contribution in [0.4, 0.5) is 11.5 Å². The van der Waals surface area contributed by atoms with E-state index in [1.54, 1.807) is 24.5 Å². The van der Waals surface area contributed by atoms with Crippen molar-refractivity contribution in [1.82, 2.24) is 14.9 Å². The fraction of sp³-hybridized carbons (Fsp3) is 0.312. The average molecular weight is 332 g/mol. The lowest BCUT2D eigenvalue weighted by atomic mass is 10.2. The zero-order valence-electron chi connectivity index (χ0n) is 12.9. The first-order chi connectivity index (χ1) is 11.1. The molecule has 6 nitrogen and oxygen atoms in total. The van der Waals surface area contributed by atoms with E-state index in [9.17, 15) is 4.79 Å². The number of hydrogen-bond acceptors (Lipinski definition) is 5. The lowest BCUT2D eigenvalue weighted by Crippen LogP contribution is -2.44. The first-order valence-electron chi connectivity index (χ1n) is 7.45. The minimum atomic E-state index is -0.294. The maximum absolute atomic E-state index is 12.2. The van der Waals surface area contributed by atoms with Gasteiger partial charge in [-0.05, 0) is 31.3 Å². The van der Waals surface area contributed by atoms with Crippen molar-refractivity contribution in [2.24, 2.45) is 0 Å². The van der Waals surface area contributed by atoms with Crippen LogP contribution in [0.15, 0.2) is 36.7 Å². The van der Waals surface area contributed by atoms with Crippen molar-refractivity contribution in [2.75, 3.05) is 43.4 Å². The topological polar surface area (TPSA) is 61.4 Å². The zero-order valence-corrected chi connectivity index (χ0v) is 13.6. The summed E-state index contributed by atoms with van der Waals surface area (Å²) in [7, 11) is 2.12. The Morgan fingerprint density at radius 2 is 1.96 bits per heavy atom. The fourth-order valence-corrected chi connectivity index (χ4v) is 2.64. The number of amides is 1. The highest BCUT2D eigenvalue weighted by Crippen LogP contribution is 2.18. The van der Waals surface area contributed by atoms with Gasteiger partial charge in [-0.25, -0.2) is 9.97 Å². The average Bonchev–Trinajstić information content (AvgIpc) is 2.57. The quantitative estimate of drug-likeness (QED) is 0.873. The van der Waals surface area contributed by atoms with Crippen molar-refractivity contribution in [3.63, 3.8) is 0 Å². The Hall–Kier alpha value is -2.18. The molecule has 0 bridgehead atoms. The van der Waals surface area contributed by atoms with Crippen LogP contribution >= 0.6 is 11.6 Å². The summed E-state index contributed by atoms with van der Waals surface area (Å²) in [6.45, 7) is 3.97. The molecule has 1 N–H and O–H groups in total. The largest absolute Gasteiger partial charge is 0.354 e. The summed E-state index contributed by atoms with van der Waals surface area (Å²) < 4.78 is 0. The van der Waals surface area contributed by atoms with Gasteiger partial charge >= 0.3 is 0 Å². The van der Waals surface area contributed by atoms with Crippen molar-refractivity contribution in [3.8, 4) is 0 Å². The molecule has 23 heavy (non-hydrogen) atoms. The Morgan fingerprint density at radius 1 is 1.17 bits per heavy atom. The van der Waals surface area contributed by atoms with Crippen LogP contribution < -0.4 is 10.2 Å². The molecule has 1 aliphatic rings. The third kappa shape index (κ3) is 3.78. The third-order valence-electron chi connectivity index (χ3n) is 3.84. The van der Waals surface area contributed by atoms with Crippen LogP contribution in [0.5, 0.6) is 0 Å². The lowest BCUT2D eigenvalue weighted by Gasteiger charge is -2.33. The van der Waals surface area contributed by atoms with Crippen molar-refractivity contribution >= 4 is 29.0 Å². The van der Waals surface area contributed by atoms with Gasteiger partial charge in [0.05, 0.1) is 17.4 Å². The zero-order chi connectivity index (χ0) is 16.2. The van der Waals surface area contributed by atoms with Crippen LogP contribution in [0, 0.1) is 0 Å². The van der Waals surface area contributed by atoms with E-state index in [4.69, 9.17) is 11.6 Å². The number of carbonyl (C=O) groups excluding carboxylic acids is 1. The van der Waals surface area contributed by atoms with Crippen molar-refractivity contribution in [3.05, 3.63) is 47.4 Å². The van der Waals surface area contributed by atoms with Crippen LogP contribution in [0.2, 0.25) is 5.15 Å². The van der Waals surface area contributed by atoms with Gasteiger partial charge in [0.25, 0.3) is 5.91 Å². The highest BCUT2D eigenvalue weighted by atomic mass is 35.5. The highest BCUT2D eigenvalue weighted by molar-refractivity contribution is 6.33. The number of nitrogens with zero attached hydrogens (tertiary/aromatic N) is 4. The number of hydrogen-bond donors (Lipinski definition) is 1. The smallest absolute Gasteiger partial charge is 0.258 e. The van der Waals surface area contributed by atoms with Gasteiger partial charge in [0, 0.05) is 32.4 Å². The van der Waals surface area contributed by atoms with Gasteiger partial charge in [-0.3, -0.25) is 4.79 Å². The predicted molar refractivity (Wildman–Crippen MR) is 91.1 cm³/mol. The Bertz CT molecular complexity index is 683. The van der Waals surface area contributed by atoms with E-state index < -0.39 is 0 Å². The van der Waals surface area contributed by atoms with E-state index in [1.807, 2.05) is 12.1 Å². The van der Waals surface area contributed by atoms with Gasteiger partial charge in [-0.15, -0.1) is 0 Å². The number of halogens is 1. The first kappa shape index (κ1) is 15.7. The molecule has 1 saturated heterocycles. The summed E-state index contributed by atoms with van der Waals surface area (Å²) in [6.07, 6.45) is 3.21. The molecular weight excluding hydrogens is 314 g/mol. The maximum atomic E-state index is 12.2. The number of anilines is 2. The van der Waals surface area contributed by atoms with E-state index >= 15 is 0 Å².